The quantitative estimate of drug-likeness (QED) is 0.269. The van der Waals surface area contributed by atoms with Crippen LogP contribution in [0, 0.1) is 11.3 Å². The number of carbonyl (C=O) groups is 2. The SMILES string of the molecule is COC(=O)C1(C(=O)OC)C=C(c2ccc(-c3ccccc3)cc2)C(C[Se]c2ccccc2)C1. The van der Waals surface area contributed by atoms with Crippen LogP contribution in [0.15, 0.2) is 91.0 Å². The zero-order valence-corrected chi connectivity index (χ0v) is 20.4. The van der Waals surface area contributed by atoms with E-state index in [2.05, 4.69) is 48.5 Å². The molecule has 0 saturated carbocycles. The monoisotopic (exact) mass is 506 g/mol. The van der Waals surface area contributed by atoms with Crippen LogP contribution in [0.3, 0.4) is 0 Å². The van der Waals surface area contributed by atoms with Crippen molar-refractivity contribution in [3.05, 3.63) is 96.6 Å². The summed E-state index contributed by atoms with van der Waals surface area (Å²) in [6, 6.07) is 28.8. The predicted molar refractivity (Wildman–Crippen MR) is 131 cm³/mol. The molecule has 1 unspecified atom stereocenters. The average molecular weight is 505 g/mol. The summed E-state index contributed by atoms with van der Waals surface area (Å²) >= 11 is 0.206. The summed E-state index contributed by atoms with van der Waals surface area (Å²) < 4.78 is 11.4. The van der Waals surface area contributed by atoms with Gasteiger partial charge in [-0.05, 0) is 0 Å². The number of ether oxygens (including phenoxy) is 2. The van der Waals surface area contributed by atoms with Crippen molar-refractivity contribution in [3.8, 4) is 11.1 Å². The Kier molecular flexibility index (Phi) is 7.12. The van der Waals surface area contributed by atoms with Gasteiger partial charge in [-0.25, -0.2) is 0 Å². The Hall–Kier alpha value is -3.14. The third-order valence-corrected chi connectivity index (χ3v) is 8.49. The zero-order chi connectivity index (χ0) is 23.3. The van der Waals surface area contributed by atoms with Gasteiger partial charge in [0.25, 0.3) is 0 Å². The minimum absolute atomic E-state index is 0.0472. The first-order valence-corrected chi connectivity index (χ1v) is 12.9. The third-order valence-electron chi connectivity index (χ3n) is 6.03. The molecule has 0 fully saturated rings. The fourth-order valence-electron chi connectivity index (χ4n) is 4.34. The molecule has 0 heterocycles. The van der Waals surface area contributed by atoms with Gasteiger partial charge >= 0.3 is 201 Å². The minimum atomic E-state index is -1.41. The molecule has 4 nitrogen and oxygen atoms in total. The molecule has 5 heteroatoms. The number of methoxy groups -OCH3 is 2. The van der Waals surface area contributed by atoms with E-state index >= 15 is 0 Å². The normalized spacial score (nSPS) is 16.7. The van der Waals surface area contributed by atoms with Gasteiger partial charge in [0.15, 0.2) is 0 Å². The molecule has 3 aromatic rings. The Morgan fingerprint density at radius 2 is 1.30 bits per heavy atom. The third kappa shape index (κ3) is 4.80. The van der Waals surface area contributed by atoms with E-state index in [0.717, 1.165) is 27.6 Å². The molecular formula is C28H26O4Se. The van der Waals surface area contributed by atoms with Crippen LogP contribution in [0.5, 0.6) is 0 Å². The van der Waals surface area contributed by atoms with E-state index in [1.165, 1.54) is 18.7 Å². The van der Waals surface area contributed by atoms with Crippen LogP contribution in [0.1, 0.15) is 12.0 Å². The maximum atomic E-state index is 12.8. The van der Waals surface area contributed by atoms with E-state index in [4.69, 9.17) is 9.47 Å². The van der Waals surface area contributed by atoms with Gasteiger partial charge in [0.2, 0.25) is 0 Å². The second-order valence-electron chi connectivity index (χ2n) is 8.02. The molecule has 0 saturated heterocycles. The summed E-state index contributed by atoms with van der Waals surface area (Å²) in [5, 5.41) is 0.874. The van der Waals surface area contributed by atoms with Crippen LogP contribution in [0.25, 0.3) is 16.7 Å². The van der Waals surface area contributed by atoms with Crippen LogP contribution in [-0.2, 0) is 19.1 Å². The number of benzene rings is 3. The Morgan fingerprint density at radius 1 is 0.788 bits per heavy atom. The summed E-state index contributed by atoms with van der Waals surface area (Å²) in [6.45, 7) is 0. The summed E-state index contributed by atoms with van der Waals surface area (Å²) in [6.07, 6.45) is 2.14. The van der Waals surface area contributed by atoms with Gasteiger partial charge in [0.1, 0.15) is 0 Å². The maximum absolute atomic E-state index is 12.8. The Balaban J connectivity index is 1.69. The predicted octanol–water partition coefficient (Wildman–Crippen LogP) is 4.54. The Labute approximate surface area is 200 Å². The molecule has 1 aliphatic carbocycles. The van der Waals surface area contributed by atoms with Crippen LogP contribution in [-0.4, -0.2) is 41.1 Å². The second-order valence-corrected chi connectivity index (χ2v) is 10.3. The van der Waals surface area contributed by atoms with Gasteiger partial charge in [-0.1, -0.05) is 0 Å². The molecule has 1 aliphatic rings. The van der Waals surface area contributed by atoms with Crippen LogP contribution < -0.4 is 4.46 Å². The molecule has 33 heavy (non-hydrogen) atoms. The first-order chi connectivity index (χ1) is 16.1. The topological polar surface area (TPSA) is 52.6 Å². The summed E-state index contributed by atoms with van der Waals surface area (Å²) in [7, 11) is 2.63. The number of carbonyl (C=O) groups excluding carboxylic acids is 2. The van der Waals surface area contributed by atoms with Gasteiger partial charge in [-0.15, -0.1) is 0 Å². The zero-order valence-electron chi connectivity index (χ0n) is 18.7. The van der Waals surface area contributed by atoms with Gasteiger partial charge < -0.3 is 0 Å². The molecule has 0 aliphatic heterocycles. The van der Waals surface area contributed by atoms with Crippen molar-refractivity contribution in [3.63, 3.8) is 0 Å². The molecule has 0 amide bonds. The van der Waals surface area contributed by atoms with Gasteiger partial charge in [0, 0.05) is 0 Å². The summed E-state index contributed by atoms with van der Waals surface area (Å²) in [5.74, 6) is -1.09. The first kappa shape index (κ1) is 23.0. The molecule has 0 radical (unpaired) electrons. The second kappa shape index (κ2) is 10.2. The van der Waals surface area contributed by atoms with Crippen molar-refractivity contribution in [1.29, 1.82) is 0 Å². The fraction of sp³-hybridized carbons (Fsp3) is 0.214. The first-order valence-electron chi connectivity index (χ1n) is 10.8. The molecule has 3 aromatic carbocycles. The molecule has 0 N–H and O–H groups in total. The Morgan fingerprint density at radius 3 is 1.88 bits per heavy atom. The van der Waals surface area contributed by atoms with E-state index in [9.17, 15) is 9.59 Å². The standard InChI is InChI=1S/C28H26O4Se/c1-31-26(29)28(27(30)32-2)17-23(19-33-24-11-7-4-8-12-24)25(18-28)22-15-13-21(14-16-22)20-9-5-3-6-10-20/h3-16,18,23H,17,19H2,1-2H3. The Bertz CT molecular complexity index is 1120. The molecule has 168 valence electrons. The van der Waals surface area contributed by atoms with Crippen molar-refractivity contribution in [1.82, 2.24) is 0 Å². The molecule has 0 aromatic heterocycles. The summed E-state index contributed by atoms with van der Waals surface area (Å²) in [4.78, 5) is 25.6. The number of hydrogen-bond donors (Lipinski definition) is 0. The van der Waals surface area contributed by atoms with Crippen LogP contribution in [0.2, 0.25) is 5.32 Å². The number of hydrogen-bond acceptors (Lipinski definition) is 4. The van der Waals surface area contributed by atoms with Crippen LogP contribution >= 0.6 is 0 Å². The van der Waals surface area contributed by atoms with E-state index in [1.54, 1.807) is 6.08 Å². The van der Waals surface area contributed by atoms with Gasteiger partial charge in [-0.3, -0.25) is 0 Å². The van der Waals surface area contributed by atoms with Crippen molar-refractivity contribution < 1.29 is 19.1 Å². The molecule has 1 atom stereocenters. The molecule has 4 rings (SSSR count). The molecule has 0 bridgehead atoms. The van der Waals surface area contributed by atoms with E-state index in [0.29, 0.717) is 6.42 Å². The summed E-state index contributed by atoms with van der Waals surface area (Å²) in [5.41, 5.74) is 2.87. The van der Waals surface area contributed by atoms with Crippen molar-refractivity contribution in [2.45, 2.75) is 11.7 Å². The van der Waals surface area contributed by atoms with E-state index < -0.39 is 17.4 Å². The number of rotatable bonds is 7. The van der Waals surface area contributed by atoms with Crippen molar-refractivity contribution in [2.75, 3.05) is 14.2 Å². The number of allylic oxidation sites excluding steroid dienone is 1. The van der Waals surface area contributed by atoms with E-state index in [-0.39, 0.29) is 20.9 Å². The van der Waals surface area contributed by atoms with Gasteiger partial charge in [-0.2, -0.15) is 0 Å². The van der Waals surface area contributed by atoms with E-state index in [1.807, 2.05) is 36.4 Å². The fourth-order valence-corrected chi connectivity index (χ4v) is 6.52. The average Bonchev–Trinajstić information content (AvgIpc) is 3.28. The van der Waals surface area contributed by atoms with Crippen LogP contribution in [0.4, 0.5) is 0 Å². The molecular weight excluding hydrogens is 479 g/mol. The van der Waals surface area contributed by atoms with Crippen molar-refractivity contribution in [2.24, 2.45) is 11.3 Å². The van der Waals surface area contributed by atoms with Gasteiger partial charge in [0.05, 0.1) is 0 Å². The molecule has 0 spiro atoms. The van der Waals surface area contributed by atoms with Crippen molar-refractivity contribution >= 4 is 36.9 Å². The number of esters is 2.